The Hall–Kier alpha value is -2.34. The fourth-order valence-corrected chi connectivity index (χ4v) is 3.33. The highest BCUT2D eigenvalue weighted by Crippen LogP contribution is 2.34. The monoisotopic (exact) mass is 361 g/mol. The van der Waals surface area contributed by atoms with Gasteiger partial charge in [-0.1, -0.05) is 49.4 Å². The lowest BCUT2D eigenvalue weighted by molar-refractivity contribution is -0.147. The van der Waals surface area contributed by atoms with Crippen LogP contribution in [0, 0.1) is 0 Å². The third-order valence-corrected chi connectivity index (χ3v) is 4.50. The fraction of sp³-hybridized carbons (Fsp3) is 0.350. The lowest BCUT2D eigenvalue weighted by Gasteiger charge is -2.26. The van der Waals surface area contributed by atoms with Crippen molar-refractivity contribution in [3.63, 3.8) is 0 Å². The zero-order valence-electron chi connectivity index (χ0n) is 14.9. The minimum absolute atomic E-state index is 0.312. The van der Waals surface area contributed by atoms with Crippen LogP contribution in [-0.4, -0.2) is 28.0 Å². The van der Waals surface area contributed by atoms with E-state index in [0.717, 1.165) is 5.56 Å². The Labute approximate surface area is 151 Å². The predicted molar refractivity (Wildman–Crippen MR) is 96.8 cm³/mol. The van der Waals surface area contributed by atoms with Gasteiger partial charge in [0, 0.05) is 19.1 Å². The first-order valence-electron chi connectivity index (χ1n) is 8.66. The van der Waals surface area contributed by atoms with Gasteiger partial charge in [-0.2, -0.15) is 13.2 Å². The van der Waals surface area contributed by atoms with Crippen molar-refractivity contribution >= 4 is 11.0 Å². The highest BCUT2D eigenvalue weighted by molar-refractivity contribution is 5.76. The second-order valence-electron chi connectivity index (χ2n) is 6.54. The lowest BCUT2D eigenvalue weighted by Crippen LogP contribution is -2.29. The molecule has 3 nitrogen and oxygen atoms in total. The molecule has 1 aromatic heterocycles. The Kier molecular flexibility index (Phi) is 5.32. The Morgan fingerprint density at radius 1 is 1.04 bits per heavy atom. The number of alkyl halides is 3. The minimum atomic E-state index is -4.48. The molecule has 138 valence electrons. The molecule has 0 amide bonds. The van der Waals surface area contributed by atoms with Gasteiger partial charge in [-0.05, 0) is 31.2 Å². The number of halogens is 3. The molecule has 0 N–H and O–H groups in total. The van der Waals surface area contributed by atoms with E-state index in [1.54, 1.807) is 24.3 Å². The molecule has 0 saturated heterocycles. The van der Waals surface area contributed by atoms with Crippen LogP contribution in [0.4, 0.5) is 13.2 Å². The number of aromatic nitrogens is 2. The van der Waals surface area contributed by atoms with Crippen LogP contribution < -0.4 is 0 Å². The van der Waals surface area contributed by atoms with Gasteiger partial charge in [0.1, 0.15) is 0 Å². The topological polar surface area (TPSA) is 21.1 Å². The number of hydrogen-bond acceptors (Lipinski definition) is 2. The molecular formula is C20H22F3N3. The number of rotatable bonds is 6. The Bertz CT molecular complexity index is 856. The highest BCUT2D eigenvalue weighted by Gasteiger charge is 2.39. The van der Waals surface area contributed by atoms with E-state index in [-0.39, 0.29) is 6.04 Å². The van der Waals surface area contributed by atoms with Crippen LogP contribution in [0.3, 0.4) is 0 Å². The molecule has 2 aromatic carbocycles. The zero-order valence-corrected chi connectivity index (χ0v) is 14.9. The van der Waals surface area contributed by atoms with Gasteiger partial charge < -0.3 is 9.47 Å². The summed E-state index contributed by atoms with van der Waals surface area (Å²) in [7, 11) is 1.93. The minimum Gasteiger partial charge on any atom is -0.316 e. The number of hydrogen-bond donors (Lipinski definition) is 0. The molecule has 1 heterocycles. The molecule has 0 saturated carbocycles. The van der Waals surface area contributed by atoms with Crippen LogP contribution >= 0.6 is 0 Å². The molecule has 6 heteroatoms. The maximum atomic E-state index is 13.6. The van der Waals surface area contributed by atoms with Gasteiger partial charge in [0.05, 0.1) is 11.0 Å². The van der Waals surface area contributed by atoms with Gasteiger partial charge in [-0.25, -0.2) is 4.98 Å². The summed E-state index contributed by atoms with van der Waals surface area (Å²) >= 11 is 0. The number of fused-ring (bicyclic) bond motifs is 1. The zero-order chi connectivity index (χ0) is 18.7. The van der Waals surface area contributed by atoms with Crippen molar-refractivity contribution in [1.82, 2.24) is 14.5 Å². The van der Waals surface area contributed by atoms with Crippen LogP contribution in [0.5, 0.6) is 0 Å². The molecule has 0 aliphatic rings. The average Bonchev–Trinajstić information content (AvgIpc) is 3.00. The van der Waals surface area contributed by atoms with E-state index in [1.807, 2.05) is 44.3 Å². The molecule has 26 heavy (non-hydrogen) atoms. The van der Waals surface area contributed by atoms with E-state index in [0.29, 0.717) is 30.5 Å². The first kappa shape index (κ1) is 18.5. The normalized spacial score (nSPS) is 13.5. The van der Waals surface area contributed by atoms with Gasteiger partial charge in [0.15, 0.2) is 0 Å². The molecule has 0 aliphatic carbocycles. The lowest BCUT2D eigenvalue weighted by atomic mass is 10.1. The molecule has 3 aromatic rings. The summed E-state index contributed by atoms with van der Waals surface area (Å²) in [4.78, 5) is 5.92. The molecule has 0 fully saturated rings. The van der Waals surface area contributed by atoms with Crippen molar-refractivity contribution in [3.8, 4) is 0 Å². The summed E-state index contributed by atoms with van der Waals surface area (Å²) in [5.41, 5.74) is 2.04. The molecular weight excluding hydrogens is 339 g/mol. The van der Waals surface area contributed by atoms with E-state index >= 15 is 0 Å². The van der Waals surface area contributed by atoms with Crippen LogP contribution in [0.1, 0.15) is 30.8 Å². The second kappa shape index (κ2) is 7.50. The van der Waals surface area contributed by atoms with E-state index in [9.17, 15) is 13.2 Å². The van der Waals surface area contributed by atoms with Crippen molar-refractivity contribution in [3.05, 3.63) is 66.0 Å². The quantitative estimate of drug-likeness (QED) is 0.606. The number of nitrogens with zero attached hydrogens (tertiary/aromatic N) is 3. The standard InChI is InChI=1S/C20H22F3N3/c1-3-16(14-25(2)13-15-9-5-4-6-10-15)26-18-12-8-7-11-17(18)24-19(26)20(21,22)23/h4-12,16H,3,13-14H2,1-2H3/t16-/m1/s1. The summed E-state index contributed by atoms with van der Waals surface area (Å²) in [5, 5.41) is 0. The van der Waals surface area contributed by atoms with Crippen LogP contribution in [0.25, 0.3) is 11.0 Å². The van der Waals surface area contributed by atoms with Gasteiger partial charge in [0.2, 0.25) is 5.82 Å². The summed E-state index contributed by atoms with van der Waals surface area (Å²) in [5.74, 6) is -0.821. The van der Waals surface area contributed by atoms with Crippen molar-refractivity contribution < 1.29 is 13.2 Å². The SMILES string of the molecule is CC[C@H](CN(C)Cc1ccccc1)n1c(C(F)(F)F)nc2ccccc21. The van der Waals surface area contributed by atoms with E-state index < -0.39 is 12.0 Å². The average molecular weight is 361 g/mol. The van der Waals surface area contributed by atoms with E-state index in [1.165, 1.54) is 4.57 Å². The van der Waals surface area contributed by atoms with Crippen molar-refractivity contribution in [1.29, 1.82) is 0 Å². The maximum absolute atomic E-state index is 13.6. The summed E-state index contributed by atoms with van der Waals surface area (Å²) in [6.45, 7) is 3.11. The van der Waals surface area contributed by atoms with E-state index in [4.69, 9.17) is 0 Å². The van der Waals surface area contributed by atoms with Gasteiger partial charge in [-0.3, -0.25) is 0 Å². The van der Waals surface area contributed by atoms with Crippen LogP contribution in [-0.2, 0) is 12.7 Å². The Balaban J connectivity index is 1.92. The van der Waals surface area contributed by atoms with Crippen molar-refractivity contribution in [2.45, 2.75) is 32.1 Å². The number of para-hydroxylation sites is 2. The Morgan fingerprint density at radius 2 is 1.69 bits per heavy atom. The number of imidazole rings is 1. The molecule has 0 radical (unpaired) electrons. The third kappa shape index (κ3) is 3.90. The van der Waals surface area contributed by atoms with Gasteiger partial charge >= 0.3 is 6.18 Å². The Morgan fingerprint density at radius 3 is 2.35 bits per heavy atom. The summed E-state index contributed by atoms with van der Waals surface area (Å²) in [6.07, 6.45) is -3.90. The highest BCUT2D eigenvalue weighted by atomic mass is 19.4. The maximum Gasteiger partial charge on any atom is 0.449 e. The van der Waals surface area contributed by atoms with Gasteiger partial charge in [-0.15, -0.1) is 0 Å². The molecule has 0 bridgehead atoms. The first-order valence-corrected chi connectivity index (χ1v) is 8.66. The molecule has 1 atom stereocenters. The molecule has 3 rings (SSSR count). The predicted octanol–water partition coefficient (Wildman–Crippen LogP) is 5.14. The largest absolute Gasteiger partial charge is 0.449 e. The molecule has 0 unspecified atom stereocenters. The first-order chi connectivity index (χ1) is 12.4. The fourth-order valence-electron chi connectivity index (χ4n) is 3.33. The van der Waals surface area contributed by atoms with Crippen LogP contribution in [0.15, 0.2) is 54.6 Å². The smallest absolute Gasteiger partial charge is 0.316 e. The third-order valence-electron chi connectivity index (χ3n) is 4.50. The second-order valence-corrected chi connectivity index (χ2v) is 6.54. The molecule has 0 spiro atoms. The number of likely N-dealkylation sites (N-methyl/N-ethyl adjacent to an activating group) is 1. The van der Waals surface area contributed by atoms with Gasteiger partial charge in [0.25, 0.3) is 0 Å². The van der Waals surface area contributed by atoms with Crippen LogP contribution in [0.2, 0.25) is 0 Å². The summed E-state index contributed by atoms with van der Waals surface area (Å²) < 4.78 is 42.1. The molecule has 0 aliphatic heterocycles. The number of benzene rings is 2. The van der Waals surface area contributed by atoms with Crippen molar-refractivity contribution in [2.24, 2.45) is 0 Å². The van der Waals surface area contributed by atoms with Crippen molar-refractivity contribution in [2.75, 3.05) is 13.6 Å². The summed E-state index contributed by atoms with van der Waals surface area (Å²) in [6, 6.07) is 16.4. The van der Waals surface area contributed by atoms with E-state index in [2.05, 4.69) is 9.88 Å².